The molecular formula is C11H16FNO3S2. The fourth-order valence-corrected chi connectivity index (χ4v) is 3.08. The van der Waals surface area contributed by atoms with Gasteiger partial charge in [-0.25, -0.2) is 0 Å². The third kappa shape index (κ3) is 5.14. The van der Waals surface area contributed by atoms with E-state index >= 15 is 0 Å². The molecule has 0 unspecified atom stereocenters. The molecule has 1 N–H and O–H groups in total. The molecule has 0 aliphatic heterocycles. The minimum atomic E-state index is -4.61. The SMILES string of the molecule is CC(C)CC(=O)NCCc1ccc(S(=O)(=O)F)s1. The molecule has 0 aliphatic rings. The molecule has 0 saturated carbocycles. The molecule has 1 aromatic rings. The number of hydrogen-bond acceptors (Lipinski definition) is 4. The predicted molar refractivity (Wildman–Crippen MR) is 68.8 cm³/mol. The Labute approximate surface area is 110 Å². The molecule has 0 atom stereocenters. The zero-order chi connectivity index (χ0) is 13.8. The van der Waals surface area contributed by atoms with E-state index in [-0.39, 0.29) is 10.1 Å². The lowest BCUT2D eigenvalue weighted by atomic mass is 10.1. The van der Waals surface area contributed by atoms with Gasteiger partial charge in [0.15, 0.2) is 4.21 Å². The monoisotopic (exact) mass is 293 g/mol. The van der Waals surface area contributed by atoms with E-state index in [4.69, 9.17) is 0 Å². The van der Waals surface area contributed by atoms with E-state index in [2.05, 4.69) is 5.32 Å². The van der Waals surface area contributed by atoms with Crippen molar-refractivity contribution in [2.45, 2.75) is 30.9 Å². The van der Waals surface area contributed by atoms with E-state index < -0.39 is 10.2 Å². The number of nitrogens with one attached hydrogen (secondary N) is 1. The van der Waals surface area contributed by atoms with Crippen molar-refractivity contribution in [3.05, 3.63) is 17.0 Å². The lowest BCUT2D eigenvalue weighted by Crippen LogP contribution is -2.26. The molecule has 0 aromatic carbocycles. The molecule has 1 heterocycles. The van der Waals surface area contributed by atoms with Crippen LogP contribution in [0.1, 0.15) is 25.1 Å². The van der Waals surface area contributed by atoms with Gasteiger partial charge in [-0.05, 0) is 24.5 Å². The van der Waals surface area contributed by atoms with Crippen molar-refractivity contribution in [2.24, 2.45) is 5.92 Å². The van der Waals surface area contributed by atoms with Crippen molar-refractivity contribution in [3.63, 3.8) is 0 Å². The van der Waals surface area contributed by atoms with Crippen molar-refractivity contribution in [1.29, 1.82) is 0 Å². The van der Waals surface area contributed by atoms with Crippen LogP contribution in [0.15, 0.2) is 16.3 Å². The Hall–Kier alpha value is -0.950. The quantitative estimate of drug-likeness (QED) is 0.817. The lowest BCUT2D eigenvalue weighted by molar-refractivity contribution is -0.121. The Morgan fingerprint density at radius 1 is 1.44 bits per heavy atom. The van der Waals surface area contributed by atoms with Crippen molar-refractivity contribution in [2.75, 3.05) is 6.54 Å². The average molecular weight is 293 g/mol. The molecule has 1 amide bonds. The molecule has 1 aromatic heterocycles. The topological polar surface area (TPSA) is 63.2 Å². The summed E-state index contributed by atoms with van der Waals surface area (Å²) in [5, 5.41) is 2.74. The summed E-state index contributed by atoms with van der Waals surface area (Å²) in [4.78, 5) is 12.1. The van der Waals surface area contributed by atoms with E-state index in [9.17, 15) is 17.1 Å². The summed E-state index contributed by atoms with van der Waals surface area (Å²) in [5.74, 6) is 0.273. The molecule has 7 heteroatoms. The molecule has 4 nitrogen and oxygen atoms in total. The molecule has 0 saturated heterocycles. The van der Waals surface area contributed by atoms with Crippen LogP contribution in [0.3, 0.4) is 0 Å². The lowest BCUT2D eigenvalue weighted by Gasteiger charge is -2.05. The fraction of sp³-hybridized carbons (Fsp3) is 0.545. The maximum absolute atomic E-state index is 12.6. The molecule has 0 radical (unpaired) electrons. The molecule has 18 heavy (non-hydrogen) atoms. The molecule has 0 spiro atoms. The molecule has 102 valence electrons. The second-order valence-corrected chi connectivity index (χ2v) is 7.10. The fourth-order valence-electron chi connectivity index (χ4n) is 1.39. The average Bonchev–Trinajstić information content (AvgIpc) is 2.64. The Morgan fingerprint density at radius 3 is 2.61 bits per heavy atom. The van der Waals surface area contributed by atoms with Crippen LogP contribution in [-0.2, 0) is 21.4 Å². The summed E-state index contributed by atoms with van der Waals surface area (Å²) in [5.41, 5.74) is 0. The number of rotatable bonds is 6. The number of thiophene rings is 1. The van der Waals surface area contributed by atoms with Gasteiger partial charge < -0.3 is 5.32 Å². The van der Waals surface area contributed by atoms with Gasteiger partial charge in [-0.3, -0.25) is 4.79 Å². The van der Waals surface area contributed by atoms with Crippen LogP contribution in [-0.4, -0.2) is 20.9 Å². The van der Waals surface area contributed by atoms with Gasteiger partial charge in [0, 0.05) is 17.8 Å². The van der Waals surface area contributed by atoms with Crippen molar-refractivity contribution in [3.8, 4) is 0 Å². The third-order valence-corrected chi connectivity index (χ3v) is 4.57. The smallest absolute Gasteiger partial charge is 0.341 e. The molecule has 0 bridgehead atoms. The minimum absolute atomic E-state index is 0.0279. The Bertz CT molecular complexity index is 508. The summed E-state index contributed by atoms with van der Waals surface area (Å²) in [6, 6.07) is 2.80. The van der Waals surface area contributed by atoms with E-state index in [1.165, 1.54) is 6.07 Å². The summed E-state index contributed by atoms with van der Waals surface area (Å²) >= 11 is 0.891. The Morgan fingerprint density at radius 2 is 2.11 bits per heavy atom. The first kappa shape index (κ1) is 15.1. The molecular weight excluding hydrogens is 277 g/mol. The van der Waals surface area contributed by atoms with Crippen LogP contribution < -0.4 is 5.32 Å². The third-order valence-electron chi connectivity index (χ3n) is 2.16. The van der Waals surface area contributed by atoms with Gasteiger partial charge in [-0.2, -0.15) is 8.42 Å². The normalized spacial score (nSPS) is 11.8. The molecule has 0 aliphatic carbocycles. The molecule has 1 rings (SSSR count). The van der Waals surface area contributed by atoms with E-state index in [1.54, 1.807) is 6.07 Å². The summed E-state index contributed by atoms with van der Waals surface area (Å²) in [6.07, 6.45) is 0.971. The predicted octanol–water partition coefficient (Wildman–Crippen LogP) is 2.11. The highest BCUT2D eigenvalue weighted by molar-refractivity contribution is 7.88. The van der Waals surface area contributed by atoms with Gasteiger partial charge in [-0.1, -0.05) is 17.7 Å². The Balaban J connectivity index is 2.41. The number of carbonyl (C=O) groups excluding carboxylic acids is 1. The van der Waals surface area contributed by atoms with Crippen molar-refractivity contribution >= 4 is 27.5 Å². The second kappa shape index (κ2) is 6.29. The first-order valence-electron chi connectivity index (χ1n) is 5.59. The van der Waals surface area contributed by atoms with Gasteiger partial charge in [0.25, 0.3) is 0 Å². The zero-order valence-electron chi connectivity index (χ0n) is 10.3. The first-order valence-corrected chi connectivity index (χ1v) is 7.79. The standard InChI is InChI=1S/C11H16FNO3S2/c1-8(2)7-10(14)13-6-5-9-3-4-11(17-9)18(12,15)16/h3-4,8H,5-7H2,1-2H3,(H,13,14). The van der Waals surface area contributed by atoms with E-state index in [0.29, 0.717) is 25.3 Å². The largest absolute Gasteiger partial charge is 0.356 e. The number of carbonyl (C=O) groups is 1. The van der Waals surface area contributed by atoms with Crippen LogP contribution in [0.25, 0.3) is 0 Å². The highest BCUT2D eigenvalue weighted by Crippen LogP contribution is 2.23. The highest BCUT2D eigenvalue weighted by Gasteiger charge is 2.14. The van der Waals surface area contributed by atoms with Crippen LogP contribution in [0.5, 0.6) is 0 Å². The summed E-state index contributed by atoms with van der Waals surface area (Å²) in [7, 11) is -4.61. The zero-order valence-corrected chi connectivity index (χ0v) is 11.9. The van der Waals surface area contributed by atoms with Gasteiger partial charge >= 0.3 is 10.2 Å². The van der Waals surface area contributed by atoms with Crippen LogP contribution in [0.4, 0.5) is 3.89 Å². The van der Waals surface area contributed by atoms with Gasteiger partial charge in [0.2, 0.25) is 5.91 Å². The maximum Gasteiger partial charge on any atom is 0.341 e. The second-order valence-electron chi connectivity index (χ2n) is 4.36. The highest BCUT2D eigenvalue weighted by atomic mass is 32.3. The van der Waals surface area contributed by atoms with Crippen molar-refractivity contribution in [1.82, 2.24) is 5.32 Å². The van der Waals surface area contributed by atoms with Gasteiger partial charge in [-0.15, -0.1) is 11.3 Å². The number of amides is 1. The minimum Gasteiger partial charge on any atom is -0.356 e. The van der Waals surface area contributed by atoms with E-state index in [1.807, 2.05) is 13.8 Å². The van der Waals surface area contributed by atoms with Gasteiger partial charge in [0.05, 0.1) is 0 Å². The molecule has 0 fully saturated rings. The maximum atomic E-state index is 12.6. The van der Waals surface area contributed by atoms with Gasteiger partial charge in [0.1, 0.15) is 0 Å². The van der Waals surface area contributed by atoms with Crippen molar-refractivity contribution < 1.29 is 17.1 Å². The summed E-state index contributed by atoms with van der Waals surface area (Å²) < 4.78 is 33.6. The first-order chi connectivity index (χ1) is 8.29. The summed E-state index contributed by atoms with van der Waals surface area (Å²) in [6.45, 7) is 4.34. The van der Waals surface area contributed by atoms with Crippen LogP contribution in [0, 0.1) is 5.92 Å². The van der Waals surface area contributed by atoms with E-state index in [0.717, 1.165) is 16.2 Å². The van der Waals surface area contributed by atoms with Crippen LogP contribution >= 0.6 is 11.3 Å². The number of hydrogen-bond donors (Lipinski definition) is 1. The van der Waals surface area contributed by atoms with Crippen LogP contribution in [0.2, 0.25) is 0 Å². The Kier molecular flexibility index (Phi) is 5.28. The number of halogens is 1.